The van der Waals surface area contributed by atoms with Crippen LogP contribution in [0.4, 0.5) is 10.7 Å². The fourth-order valence-corrected chi connectivity index (χ4v) is 4.81. The van der Waals surface area contributed by atoms with E-state index in [0.29, 0.717) is 35.3 Å². The normalized spacial score (nSPS) is 17.3. The van der Waals surface area contributed by atoms with E-state index in [2.05, 4.69) is 15.2 Å². The van der Waals surface area contributed by atoms with Crippen molar-refractivity contribution < 1.29 is 19.0 Å². The molecule has 1 atom stereocenters. The molecule has 160 valence electrons. The molecule has 2 aliphatic heterocycles. The van der Waals surface area contributed by atoms with E-state index in [-0.39, 0.29) is 12.0 Å². The molecule has 1 unspecified atom stereocenters. The number of fused-ring (bicyclic) bond motifs is 2. The van der Waals surface area contributed by atoms with Gasteiger partial charge in [-0.25, -0.2) is 4.98 Å². The molecule has 0 saturated carbocycles. The van der Waals surface area contributed by atoms with Gasteiger partial charge in [-0.1, -0.05) is 12.1 Å². The van der Waals surface area contributed by atoms with Crippen LogP contribution in [-0.2, 0) is 11.3 Å². The molecule has 1 saturated heterocycles. The molecule has 0 spiro atoms. The molecule has 0 aliphatic carbocycles. The topological polar surface area (TPSA) is 72.9 Å². The number of nitrogens with zero attached hydrogens (tertiary/aromatic N) is 2. The van der Waals surface area contributed by atoms with E-state index in [4.69, 9.17) is 14.2 Å². The summed E-state index contributed by atoms with van der Waals surface area (Å²) in [6.45, 7) is 1.90. The van der Waals surface area contributed by atoms with E-state index >= 15 is 0 Å². The first-order valence-corrected chi connectivity index (χ1v) is 11.1. The lowest BCUT2D eigenvalue weighted by Gasteiger charge is -2.21. The number of para-hydroxylation sites is 1. The first kappa shape index (κ1) is 19.8. The van der Waals surface area contributed by atoms with Crippen molar-refractivity contribution in [3.63, 3.8) is 0 Å². The minimum atomic E-state index is -0.0775. The average Bonchev–Trinajstić information content (AvgIpc) is 3.47. The summed E-state index contributed by atoms with van der Waals surface area (Å²) in [4.78, 5) is 19.9. The lowest BCUT2D eigenvalue weighted by molar-refractivity contribution is 0.0861. The van der Waals surface area contributed by atoms with Crippen LogP contribution in [0.15, 0.2) is 48.7 Å². The number of carbonyl (C=O) groups excluding carboxylic acids is 1. The highest BCUT2D eigenvalue weighted by atomic mass is 32.1. The molecule has 1 fully saturated rings. The second kappa shape index (κ2) is 8.56. The molecule has 0 radical (unpaired) electrons. The minimum Gasteiger partial charge on any atom is -0.493 e. The van der Waals surface area contributed by atoms with Crippen LogP contribution in [-0.4, -0.2) is 37.3 Å². The van der Waals surface area contributed by atoms with Gasteiger partial charge < -0.3 is 24.4 Å². The number of amides is 1. The molecule has 1 N–H and O–H groups in total. The van der Waals surface area contributed by atoms with Gasteiger partial charge in [0.05, 0.1) is 29.6 Å². The number of anilines is 2. The van der Waals surface area contributed by atoms with Crippen LogP contribution in [0.25, 0.3) is 0 Å². The summed E-state index contributed by atoms with van der Waals surface area (Å²) in [5.41, 5.74) is 1.82. The molecule has 7 nitrogen and oxygen atoms in total. The quantitative estimate of drug-likeness (QED) is 0.633. The van der Waals surface area contributed by atoms with Crippen LogP contribution >= 0.6 is 11.3 Å². The number of rotatable bonds is 5. The first-order chi connectivity index (χ1) is 15.2. The van der Waals surface area contributed by atoms with Gasteiger partial charge in [-0.2, -0.15) is 0 Å². The Morgan fingerprint density at radius 1 is 1.29 bits per heavy atom. The number of pyridine rings is 1. The van der Waals surface area contributed by atoms with Crippen molar-refractivity contribution in [2.45, 2.75) is 25.5 Å². The van der Waals surface area contributed by atoms with Gasteiger partial charge in [-0.05, 0) is 43.2 Å². The summed E-state index contributed by atoms with van der Waals surface area (Å²) in [7, 11) is 1.63. The van der Waals surface area contributed by atoms with Crippen LogP contribution in [0.5, 0.6) is 17.4 Å². The molecule has 2 aliphatic rings. The molecule has 8 heteroatoms. The molecule has 5 rings (SSSR count). The summed E-state index contributed by atoms with van der Waals surface area (Å²) in [6.07, 6.45) is 3.88. The van der Waals surface area contributed by atoms with Crippen molar-refractivity contribution in [1.29, 1.82) is 0 Å². The number of methoxy groups -OCH3 is 1. The van der Waals surface area contributed by atoms with Gasteiger partial charge in [0.25, 0.3) is 5.91 Å². The van der Waals surface area contributed by atoms with Crippen LogP contribution in [0.2, 0.25) is 0 Å². The lowest BCUT2D eigenvalue weighted by atomic mass is 10.1. The summed E-state index contributed by atoms with van der Waals surface area (Å²) < 4.78 is 17.3. The highest BCUT2D eigenvalue weighted by Crippen LogP contribution is 2.45. The van der Waals surface area contributed by atoms with Gasteiger partial charge in [0.1, 0.15) is 5.69 Å². The summed E-state index contributed by atoms with van der Waals surface area (Å²) in [6, 6.07) is 13.5. The Kier molecular flexibility index (Phi) is 5.48. The van der Waals surface area contributed by atoms with Crippen molar-refractivity contribution >= 4 is 27.9 Å². The second-order valence-electron chi connectivity index (χ2n) is 7.45. The largest absolute Gasteiger partial charge is 0.493 e. The Balaban J connectivity index is 1.43. The zero-order valence-electron chi connectivity index (χ0n) is 17.2. The minimum absolute atomic E-state index is 0.0775. The van der Waals surface area contributed by atoms with Gasteiger partial charge in [-0.15, -0.1) is 11.3 Å². The first-order valence-electron chi connectivity index (χ1n) is 10.3. The summed E-state index contributed by atoms with van der Waals surface area (Å²) in [5.74, 6) is 1.75. The number of nitrogens with one attached hydrogen (secondary N) is 1. The Morgan fingerprint density at radius 2 is 2.23 bits per heavy atom. The predicted octanol–water partition coefficient (Wildman–Crippen LogP) is 4.50. The summed E-state index contributed by atoms with van der Waals surface area (Å²) >= 11 is 1.45. The number of hydrogen-bond acceptors (Lipinski definition) is 7. The molecule has 1 amide bonds. The smallest absolute Gasteiger partial charge is 0.261 e. The van der Waals surface area contributed by atoms with E-state index in [1.165, 1.54) is 11.3 Å². The maximum Gasteiger partial charge on any atom is 0.261 e. The monoisotopic (exact) mass is 437 g/mol. The number of hydrogen-bond donors (Lipinski definition) is 1. The predicted molar refractivity (Wildman–Crippen MR) is 119 cm³/mol. The Hall–Kier alpha value is -3.10. The van der Waals surface area contributed by atoms with Crippen molar-refractivity contribution in [3.8, 4) is 17.4 Å². The molecule has 0 bridgehead atoms. The maximum atomic E-state index is 12.7. The van der Waals surface area contributed by atoms with E-state index < -0.39 is 0 Å². The SMILES string of the molecule is COc1cccc2c1Oc1ncccc1N(c1ccc(C(=O)NCC3CCCO3)s1)C2. The molecule has 4 heterocycles. The van der Waals surface area contributed by atoms with Gasteiger partial charge in [-0.3, -0.25) is 4.79 Å². The molecule has 3 aromatic rings. The number of aromatic nitrogens is 1. The van der Waals surface area contributed by atoms with Gasteiger partial charge in [0, 0.05) is 24.9 Å². The van der Waals surface area contributed by atoms with Crippen LogP contribution < -0.4 is 19.7 Å². The van der Waals surface area contributed by atoms with Crippen molar-refractivity contribution in [1.82, 2.24) is 10.3 Å². The molecular formula is C23H23N3O4S. The fourth-order valence-electron chi connectivity index (χ4n) is 3.87. The lowest BCUT2D eigenvalue weighted by Crippen LogP contribution is -2.31. The van der Waals surface area contributed by atoms with Crippen molar-refractivity contribution in [2.24, 2.45) is 0 Å². The number of benzene rings is 1. The van der Waals surface area contributed by atoms with Gasteiger partial charge in [0.15, 0.2) is 11.5 Å². The highest BCUT2D eigenvalue weighted by molar-refractivity contribution is 7.18. The number of thiophene rings is 1. The standard InChI is InChI=1S/C23H23N3O4S/c1-28-18-8-2-5-15-14-26(17-7-3-11-24-23(17)30-21(15)18)20-10-9-19(31-20)22(27)25-13-16-6-4-12-29-16/h2-3,5,7-11,16H,4,6,12-14H2,1H3,(H,25,27). The van der Waals surface area contributed by atoms with E-state index in [1.54, 1.807) is 13.3 Å². The number of ether oxygens (including phenoxy) is 3. The van der Waals surface area contributed by atoms with E-state index in [0.717, 1.165) is 35.7 Å². The third kappa shape index (κ3) is 3.96. The third-order valence-corrected chi connectivity index (χ3v) is 6.55. The Morgan fingerprint density at radius 3 is 3.06 bits per heavy atom. The molecule has 31 heavy (non-hydrogen) atoms. The summed E-state index contributed by atoms with van der Waals surface area (Å²) in [5, 5.41) is 3.93. The van der Waals surface area contributed by atoms with Gasteiger partial charge in [0.2, 0.25) is 5.88 Å². The fraction of sp³-hybridized carbons (Fsp3) is 0.304. The number of carbonyl (C=O) groups is 1. The molecule has 2 aromatic heterocycles. The third-order valence-electron chi connectivity index (χ3n) is 5.45. The Labute approximate surface area is 184 Å². The second-order valence-corrected chi connectivity index (χ2v) is 8.51. The van der Waals surface area contributed by atoms with Crippen LogP contribution in [0.1, 0.15) is 28.1 Å². The zero-order valence-corrected chi connectivity index (χ0v) is 18.0. The van der Waals surface area contributed by atoms with Crippen LogP contribution in [0.3, 0.4) is 0 Å². The van der Waals surface area contributed by atoms with Gasteiger partial charge >= 0.3 is 0 Å². The zero-order chi connectivity index (χ0) is 21.2. The van der Waals surface area contributed by atoms with E-state index in [1.807, 2.05) is 42.5 Å². The highest BCUT2D eigenvalue weighted by Gasteiger charge is 2.26. The van der Waals surface area contributed by atoms with E-state index in [9.17, 15) is 4.79 Å². The maximum absolute atomic E-state index is 12.7. The Bertz CT molecular complexity index is 1090. The average molecular weight is 438 g/mol. The van der Waals surface area contributed by atoms with Crippen molar-refractivity contribution in [2.75, 3.05) is 25.2 Å². The molecular weight excluding hydrogens is 414 g/mol. The molecule has 1 aromatic carbocycles. The van der Waals surface area contributed by atoms with Crippen molar-refractivity contribution in [3.05, 3.63) is 59.1 Å². The van der Waals surface area contributed by atoms with Crippen LogP contribution in [0, 0.1) is 0 Å².